The molecule has 0 bridgehead atoms. The second-order valence-electron chi connectivity index (χ2n) is 5.15. The smallest absolute Gasteiger partial charge is 0.0679 e. The Morgan fingerprint density at radius 2 is 1.36 bits per heavy atom. The molecule has 0 aliphatic carbocycles. The molecule has 0 fully saturated rings. The highest BCUT2D eigenvalue weighted by Crippen LogP contribution is 2.27. The highest BCUT2D eigenvalue weighted by Gasteiger charge is 2.02. The van der Waals surface area contributed by atoms with E-state index in [2.05, 4.69) is 16.9 Å². The molecule has 4 rings (SSSR count). The van der Waals surface area contributed by atoms with E-state index in [9.17, 15) is 0 Å². The Kier molecular flexibility index (Phi) is 3.69. The summed E-state index contributed by atoms with van der Waals surface area (Å²) in [5.74, 6) is 0. The molecular weight excluding hydrogens is 296 g/mol. The van der Waals surface area contributed by atoms with Crippen LogP contribution in [0.3, 0.4) is 0 Å². The van der Waals surface area contributed by atoms with Crippen LogP contribution in [0.25, 0.3) is 21.8 Å². The van der Waals surface area contributed by atoms with Gasteiger partial charge in [-0.15, -0.1) is 0 Å². The van der Waals surface area contributed by atoms with E-state index in [1.165, 1.54) is 5.56 Å². The molecule has 2 aromatic heterocycles. The number of nitrogens with two attached hydrogens (primary N) is 2. The maximum Gasteiger partial charge on any atom is 0.0679 e. The number of halogens is 1. The first-order chi connectivity index (χ1) is 10.6. The molecule has 6 N–H and O–H groups in total. The van der Waals surface area contributed by atoms with Crippen LogP contribution < -0.4 is 11.5 Å². The molecule has 5 heteroatoms. The van der Waals surface area contributed by atoms with Crippen molar-refractivity contribution in [2.24, 2.45) is 0 Å². The minimum atomic E-state index is 0.679. The van der Waals surface area contributed by atoms with Crippen LogP contribution in [0.15, 0.2) is 48.8 Å². The lowest BCUT2D eigenvalue weighted by Crippen LogP contribution is -1.84. The predicted octanol–water partition coefficient (Wildman–Crippen LogP) is 4.46. The Hall–Kier alpha value is -2.59. The van der Waals surface area contributed by atoms with Gasteiger partial charge in [-0.3, -0.25) is 0 Å². The SMILES string of the molecule is Cc1c[nH]c2cccc(N)c12.Nc1cccc2[nH]cc(Cl)c12. The van der Waals surface area contributed by atoms with Gasteiger partial charge in [0.05, 0.1) is 5.02 Å². The summed E-state index contributed by atoms with van der Waals surface area (Å²) >= 11 is 5.87. The molecule has 0 amide bonds. The summed E-state index contributed by atoms with van der Waals surface area (Å²) in [5.41, 5.74) is 16.3. The largest absolute Gasteiger partial charge is 0.398 e. The first kappa shape index (κ1) is 14.4. The molecule has 0 radical (unpaired) electrons. The van der Waals surface area contributed by atoms with Crippen molar-refractivity contribution >= 4 is 44.8 Å². The summed E-state index contributed by atoms with van der Waals surface area (Å²) in [6, 6.07) is 11.6. The fourth-order valence-electron chi connectivity index (χ4n) is 2.56. The third-order valence-corrected chi connectivity index (χ3v) is 3.92. The zero-order valence-corrected chi connectivity index (χ0v) is 12.9. The monoisotopic (exact) mass is 312 g/mol. The van der Waals surface area contributed by atoms with Crippen molar-refractivity contribution in [3.8, 4) is 0 Å². The van der Waals surface area contributed by atoms with Gasteiger partial charge in [-0.2, -0.15) is 0 Å². The number of hydrogen-bond donors (Lipinski definition) is 4. The predicted molar refractivity (Wildman–Crippen MR) is 95.2 cm³/mol. The van der Waals surface area contributed by atoms with Crippen LogP contribution in [-0.4, -0.2) is 9.97 Å². The van der Waals surface area contributed by atoms with Gasteiger partial charge in [0.1, 0.15) is 0 Å². The second kappa shape index (κ2) is 5.66. The van der Waals surface area contributed by atoms with Crippen LogP contribution >= 0.6 is 11.6 Å². The molecule has 22 heavy (non-hydrogen) atoms. The minimum Gasteiger partial charge on any atom is -0.398 e. The van der Waals surface area contributed by atoms with Crippen LogP contribution in [0.4, 0.5) is 11.4 Å². The van der Waals surface area contributed by atoms with E-state index in [4.69, 9.17) is 23.1 Å². The van der Waals surface area contributed by atoms with Crippen LogP contribution in [0.1, 0.15) is 5.56 Å². The summed E-state index contributed by atoms with van der Waals surface area (Å²) < 4.78 is 0. The number of aryl methyl sites for hydroxylation is 1. The first-order valence-electron chi connectivity index (χ1n) is 6.91. The Bertz CT molecular complexity index is 858. The first-order valence-corrected chi connectivity index (χ1v) is 7.29. The topological polar surface area (TPSA) is 83.6 Å². The molecule has 0 aliphatic heterocycles. The van der Waals surface area contributed by atoms with E-state index < -0.39 is 0 Å². The number of aromatic nitrogens is 2. The summed E-state index contributed by atoms with van der Waals surface area (Å²) in [6.07, 6.45) is 3.71. The molecule has 112 valence electrons. The lowest BCUT2D eigenvalue weighted by molar-refractivity contribution is 1.43. The Morgan fingerprint density at radius 3 is 1.95 bits per heavy atom. The number of aromatic amines is 2. The third-order valence-electron chi connectivity index (χ3n) is 3.63. The summed E-state index contributed by atoms with van der Waals surface area (Å²) in [6.45, 7) is 2.05. The molecule has 4 nitrogen and oxygen atoms in total. The molecule has 0 atom stereocenters. The average molecular weight is 313 g/mol. The molecule has 2 aromatic carbocycles. The average Bonchev–Trinajstić information content (AvgIpc) is 3.06. The Balaban J connectivity index is 0.000000131. The van der Waals surface area contributed by atoms with Crippen molar-refractivity contribution in [1.82, 2.24) is 9.97 Å². The van der Waals surface area contributed by atoms with E-state index >= 15 is 0 Å². The van der Waals surface area contributed by atoms with Crippen molar-refractivity contribution in [3.63, 3.8) is 0 Å². The van der Waals surface area contributed by atoms with Crippen molar-refractivity contribution in [1.29, 1.82) is 0 Å². The molecule has 2 heterocycles. The number of fused-ring (bicyclic) bond motifs is 2. The normalized spacial score (nSPS) is 10.6. The maximum atomic E-state index is 5.87. The Labute approximate surface area is 133 Å². The third kappa shape index (κ3) is 2.49. The van der Waals surface area contributed by atoms with Gasteiger partial charge in [0.2, 0.25) is 0 Å². The lowest BCUT2D eigenvalue weighted by Gasteiger charge is -1.95. The highest BCUT2D eigenvalue weighted by atomic mass is 35.5. The fourth-order valence-corrected chi connectivity index (χ4v) is 2.82. The lowest BCUT2D eigenvalue weighted by atomic mass is 10.1. The number of H-pyrrole nitrogens is 2. The van der Waals surface area contributed by atoms with Gasteiger partial charge in [-0.1, -0.05) is 23.7 Å². The highest BCUT2D eigenvalue weighted by molar-refractivity contribution is 6.36. The van der Waals surface area contributed by atoms with Gasteiger partial charge < -0.3 is 21.4 Å². The van der Waals surface area contributed by atoms with E-state index in [-0.39, 0.29) is 0 Å². The van der Waals surface area contributed by atoms with Gasteiger partial charge in [-0.25, -0.2) is 0 Å². The van der Waals surface area contributed by atoms with Crippen LogP contribution in [0.5, 0.6) is 0 Å². The number of hydrogen-bond acceptors (Lipinski definition) is 2. The molecule has 4 aromatic rings. The summed E-state index contributed by atoms with van der Waals surface area (Å²) in [7, 11) is 0. The van der Waals surface area contributed by atoms with E-state index in [0.717, 1.165) is 27.5 Å². The number of rotatable bonds is 0. The molecule has 0 saturated carbocycles. The van der Waals surface area contributed by atoms with E-state index in [1.54, 1.807) is 6.20 Å². The molecule has 0 saturated heterocycles. The molecule has 0 aliphatic rings. The van der Waals surface area contributed by atoms with Gasteiger partial charge in [0.25, 0.3) is 0 Å². The molecule has 0 unspecified atom stereocenters. The number of benzene rings is 2. The van der Waals surface area contributed by atoms with Gasteiger partial charge in [0, 0.05) is 45.6 Å². The van der Waals surface area contributed by atoms with Crippen molar-refractivity contribution in [2.45, 2.75) is 6.92 Å². The van der Waals surface area contributed by atoms with Crippen LogP contribution in [0.2, 0.25) is 5.02 Å². The fraction of sp³-hybridized carbons (Fsp3) is 0.0588. The van der Waals surface area contributed by atoms with Crippen LogP contribution in [-0.2, 0) is 0 Å². The standard InChI is InChI=1S/C9H10N2.C8H7ClN2/c1-6-5-11-8-4-2-3-7(10)9(6)8;9-5-4-11-7-3-1-2-6(10)8(5)7/h2-5,11H,10H2,1H3;1-4,11H,10H2. The van der Waals surface area contributed by atoms with Gasteiger partial charge in [-0.05, 0) is 36.8 Å². The quantitative estimate of drug-likeness (QED) is 0.361. The van der Waals surface area contributed by atoms with E-state index in [1.807, 2.05) is 42.6 Å². The van der Waals surface area contributed by atoms with Gasteiger partial charge >= 0.3 is 0 Å². The van der Waals surface area contributed by atoms with Crippen molar-refractivity contribution < 1.29 is 0 Å². The van der Waals surface area contributed by atoms with E-state index in [0.29, 0.717) is 10.7 Å². The maximum absolute atomic E-state index is 5.87. The van der Waals surface area contributed by atoms with Crippen molar-refractivity contribution in [2.75, 3.05) is 11.5 Å². The molecular formula is C17H17ClN4. The zero-order valence-electron chi connectivity index (χ0n) is 12.2. The molecule has 0 spiro atoms. The van der Waals surface area contributed by atoms with Crippen LogP contribution in [0, 0.1) is 6.92 Å². The van der Waals surface area contributed by atoms with Gasteiger partial charge in [0.15, 0.2) is 0 Å². The minimum absolute atomic E-state index is 0.679. The zero-order chi connectivity index (χ0) is 15.7. The Morgan fingerprint density at radius 1 is 0.818 bits per heavy atom. The summed E-state index contributed by atoms with van der Waals surface area (Å²) in [4.78, 5) is 6.17. The van der Waals surface area contributed by atoms with Crippen molar-refractivity contribution in [3.05, 3.63) is 59.4 Å². The second-order valence-corrected chi connectivity index (χ2v) is 5.56. The number of nitrogen functional groups attached to an aromatic ring is 2. The number of nitrogens with one attached hydrogen (secondary N) is 2. The summed E-state index contributed by atoms with van der Waals surface area (Å²) in [5, 5.41) is 2.74. The number of anilines is 2.